The number of hydrogen-bond acceptors (Lipinski definition) is 12. The third-order valence-electron chi connectivity index (χ3n) is 12.9. The SMILES string of the molecule is C/C=C(/F)c1sc(N)c(C#N)c1/C(=C/CC)c1c2c(c3c(N4C5CCC4CN(CC(C)O)C5)nc(OCC4(CN5CC6(CCOC6)C5)CC4)nc3c1F)COC2. The van der Waals surface area contributed by atoms with E-state index >= 15 is 8.78 Å². The number of benzene rings is 1. The molecule has 56 heavy (non-hydrogen) atoms. The maximum absolute atomic E-state index is 17.9. The highest BCUT2D eigenvalue weighted by atomic mass is 32.1. The van der Waals surface area contributed by atoms with Crippen LogP contribution in [0.1, 0.15) is 92.0 Å². The number of allylic oxidation sites excluding steroid dienone is 2. The van der Waals surface area contributed by atoms with E-state index in [0.717, 1.165) is 94.9 Å². The molecule has 3 N–H and O–H groups in total. The van der Waals surface area contributed by atoms with Crippen LogP contribution < -0.4 is 15.4 Å². The van der Waals surface area contributed by atoms with E-state index in [9.17, 15) is 10.4 Å². The fourth-order valence-electron chi connectivity index (χ4n) is 10.2. The quantitative estimate of drug-likeness (QED) is 0.211. The number of likely N-dealkylation sites (tertiary alicyclic amines) is 2. The molecule has 4 saturated heterocycles. The van der Waals surface area contributed by atoms with Crippen molar-refractivity contribution in [2.75, 3.05) is 69.7 Å². The van der Waals surface area contributed by atoms with Gasteiger partial charge in [-0.25, -0.2) is 8.78 Å². The molecule has 9 rings (SSSR count). The highest BCUT2D eigenvalue weighted by molar-refractivity contribution is 7.17. The Morgan fingerprint density at radius 1 is 1.12 bits per heavy atom. The first-order valence-corrected chi connectivity index (χ1v) is 21.0. The Morgan fingerprint density at radius 2 is 1.88 bits per heavy atom. The molecule has 0 amide bonds. The second kappa shape index (κ2) is 14.6. The molecule has 2 bridgehead atoms. The molecule has 2 aromatic heterocycles. The van der Waals surface area contributed by atoms with Gasteiger partial charge in [-0.1, -0.05) is 19.1 Å². The van der Waals surface area contributed by atoms with Gasteiger partial charge < -0.3 is 34.9 Å². The summed E-state index contributed by atoms with van der Waals surface area (Å²) in [5.41, 5.74) is 9.24. The number of nitrogens with zero attached hydrogens (tertiary/aromatic N) is 6. The normalized spacial score (nSPS) is 24.8. The molecule has 5 aliphatic heterocycles. The summed E-state index contributed by atoms with van der Waals surface area (Å²) in [5, 5.41) is 21.3. The number of aliphatic hydroxyl groups excluding tert-OH is 1. The van der Waals surface area contributed by atoms with Crippen molar-refractivity contribution in [1.82, 2.24) is 19.8 Å². The van der Waals surface area contributed by atoms with Gasteiger partial charge in [0.2, 0.25) is 0 Å². The number of thiophene rings is 1. The monoisotopic (exact) mass is 787 g/mol. The van der Waals surface area contributed by atoms with Crippen molar-refractivity contribution in [1.29, 1.82) is 5.26 Å². The van der Waals surface area contributed by atoms with Crippen molar-refractivity contribution in [3.63, 3.8) is 0 Å². The van der Waals surface area contributed by atoms with Crippen molar-refractivity contribution in [3.05, 3.63) is 50.7 Å². The fraction of sp³-hybridized carbons (Fsp3) is 0.595. The molecular formula is C42H51F2N7O4S. The van der Waals surface area contributed by atoms with Gasteiger partial charge in [-0.2, -0.15) is 15.2 Å². The lowest BCUT2D eigenvalue weighted by atomic mass is 9.78. The van der Waals surface area contributed by atoms with Crippen molar-refractivity contribution < 1.29 is 28.1 Å². The summed E-state index contributed by atoms with van der Waals surface area (Å²) in [4.78, 5) is 17.4. The van der Waals surface area contributed by atoms with Gasteiger partial charge in [-0.05, 0) is 69.1 Å². The molecule has 14 heteroatoms. The summed E-state index contributed by atoms with van der Waals surface area (Å²) >= 11 is 0.990. The standard InChI is InChI=1S/C42H51F2N7O4S/c1-4-6-27(33-28(13-45)38(46)56-37(33)31(43)5-2)32-29-17-54-18-30(29)34-36(35(32)44)47-40(48-39(34)51-25-7-8-26(51)16-49(15-25)14-24(3)52)55-23-41(9-10-41)19-50-20-42(21-50)11-12-53-22-42/h5-6,24-26,52H,4,7-12,14-23,46H2,1-3H3/b27-6+,31-5+. The topological polar surface area (TPSA) is 133 Å². The number of β-amino-alcohol motifs (C(OH)–C–C–N with tert-alkyl or cyclic N) is 1. The van der Waals surface area contributed by atoms with E-state index in [1.807, 2.05) is 19.9 Å². The van der Waals surface area contributed by atoms with Crippen LogP contribution >= 0.6 is 11.3 Å². The largest absolute Gasteiger partial charge is 0.463 e. The summed E-state index contributed by atoms with van der Waals surface area (Å²) in [6, 6.07) is 2.54. The van der Waals surface area contributed by atoms with Gasteiger partial charge in [0.05, 0.1) is 48.4 Å². The maximum atomic E-state index is 17.9. The van der Waals surface area contributed by atoms with Crippen LogP contribution in [0.5, 0.6) is 6.01 Å². The average Bonchev–Trinajstić information content (AvgIpc) is 3.52. The van der Waals surface area contributed by atoms with Crippen LogP contribution in [-0.2, 0) is 22.7 Å². The van der Waals surface area contributed by atoms with E-state index in [-0.39, 0.29) is 68.8 Å². The van der Waals surface area contributed by atoms with Gasteiger partial charge in [0.1, 0.15) is 28.2 Å². The van der Waals surface area contributed by atoms with E-state index < -0.39 is 17.7 Å². The van der Waals surface area contributed by atoms with Crippen molar-refractivity contribution >= 4 is 44.5 Å². The van der Waals surface area contributed by atoms with Gasteiger partial charge >= 0.3 is 6.01 Å². The summed E-state index contributed by atoms with van der Waals surface area (Å²) in [6.07, 6.45) is 8.35. The van der Waals surface area contributed by atoms with Gasteiger partial charge in [-0.15, -0.1) is 11.3 Å². The summed E-state index contributed by atoms with van der Waals surface area (Å²) < 4.78 is 51.8. The molecule has 11 nitrogen and oxygen atoms in total. The molecule has 3 atom stereocenters. The number of nitriles is 1. The van der Waals surface area contributed by atoms with Crippen LogP contribution in [0.2, 0.25) is 0 Å². The second-order valence-electron chi connectivity index (χ2n) is 17.1. The number of nitrogen functional groups attached to an aromatic ring is 1. The minimum Gasteiger partial charge on any atom is -0.463 e. The summed E-state index contributed by atoms with van der Waals surface area (Å²) in [6.45, 7) is 13.0. The number of anilines is 2. The van der Waals surface area contributed by atoms with E-state index in [2.05, 4.69) is 20.8 Å². The van der Waals surface area contributed by atoms with Crippen molar-refractivity contribution in [3.8, 4) is 12.1 Å². The van der Waals surface area contributed by atoms with Crippen LogP contribution in [-0.4, -0.2) is 102 Å². The molecule has 3 aromatic rings. The molecule has 5 fully saturated rings. The van der Waals surface area contributed by atoms with E-state index in [0.29, 0.717) is 47.3 Å². The maximum Gasteiger partial charge on any atom is 0.319 e. The number of fused-ring (bicyclic) bond motifs is 5. The number of aromatic nitrogens is 2. The van der Waals surface area contributed by atoms with Crippen LogP contribution in [0, 0.1) is 28.0 Å². The smallest absolute Gasteiger partial charge is 0.319 e. The average molecular weight is 788 g/mol. The Bertz CT molecular complexity index is 2130. The first-order valence-electron chi connectivity index (χ1n) is 20.2. The minimum absolute atomic E-state index is 0.00243. The third kappa shape index (κ3) is 6.48. The molecule has 1 aromatic carbocycles. The summed E-state index contributed by atoms with van der Waals surface area (Å²) in [5.74, 6) is -0.459. The highest BCUT2D eigenvalue weighted by Gasteiger charge is 2.52. The van der Waals surface area contributed by atoms with E-state index in [1.165, 1.54) is 6.08 Å². The molecule has 1 aliphatic carbocycles. The molecule has 6 aliphatic rings. The zero-order valence-electron chi connectivity index (χ0n) is 32.5. The van der Waals surface area contributed by atoms with Gasteiger partial charge in [0.15, 0.2) is 5.82 Å². The zero-order chi connectivity index (χ0) is 38.9. The number of aliphatic hydroxyl groups is 1. The van der Waals surface area contributed by atoms with Crippen LogP contribution in [0.25, 0.3) is 22.3 Å². The van der Waals surface area contributed by atoms with Crippen molar-refractivity contribution in [2.24, 2.45) is 10.8 Å². The first kappa shape index (κ1) is 37.8. The Balaban J connectivity index is 1.16. The lowest BCUT2D eigenvalue weighted by Gasteiger charge is -2.48. The molecule has 1 saturated carbocycles. The number of piperazine rings is 1. The molecule has 7 heterocycles. The Morgan fingerprint density at radius 3 is 2.52 bits per heavy atom. The number of halogens is 2. The van der Waals surface area contributed by atoms with Crippen LogP contribution in [0.4, 0.5) is 19.6 Å². The van der Waals surface area contributed by atoms with Gasteiger partial charge in [0, 0.05) is 79.9 Å². The predicted octanol–water partition coefficient (Wildman–Crippen LogP) is 6.40. The zero-order valence-corrected chi connectivity index (χ0v) is 33.3. The number of rotatable bonds is 12. The molecule has 1 spiro atoms. The van der Waals surface area contributed by atoms with Gasteiger partial charge in [0.25, 0.3) is 0 Å². The number of ether oxygens (including phenoxy) is 3. The highest BCUT2D eigenvalue weighted by Crippen LogP contribution is 2.51. The molecule has 298 valence electrons. The van der Waals surface area contributed by atoms with Crippen LogP contribution in [0.15, 0.2) is 12.2 Å². The van der Waals surface area contributed by atoms with Crippen LogP contribution in [0.3, 0.4) is 0 Å². The Kier molecular flexibility index (Phi) is 9.86. The third-order valence-corrected chi connectivity index (χ3v) is 13.9. The number of nitrogens with two attached hydrogens (primary N) is 1. The van der Waals surface area contributed by atoms with E-state index in [4.69, 9.17) is 29.9 Å². The van der Waals surface area contributed by atoms with Gasteiger partial charge in [-0.3, -0.25) is 4.90 Å². The molecular weight excluding hydrogens is 737 g/mol. The predicted molar refractivity (Wildman–Crippen MR) is 212 cm³/mol. The molecule has 3 unspecified atom stereocenters. The lowest BCUT2D eigenvalue weighted by molar-refractivity contribution is -0.0239. The first-order chi connectivity index (χ1) is 27.1. The Labute approximate surface area is 330 Å². The van der Waals surface area contributed by atoms with Crippen molar-refractivity contribution in [2.45, 2.75) is 90.7 Å². The molecule has 0 radical (unpaired) electrons. The summed E-state index contributed by atoms with van der Waals surface area (Å²) in [7, 11) is 0. The van der Waals surface area contributed by atoms with E-state index in [1.54, 1.807) is 6.92 Å². The Hall–Kier alpha value is -3.71. The second-order valence-corrected chi connectivity index (χ2v) is 18.2. The fourth-order valence-corrected chi connectivity index (χ4v) is 11.2. The minimum atomic E-state index is -0.580. The number of hydrogen-bond donors (Lipinski definition) is 2. The lowest BCUT2D eigenvalue weighted by Crippen LogP contribution is -2.58.